The number of esters is 1. The van der Waals surface area contributed by atoms with E-state index in [0.717, 1.165) is 18.5 Å². The minimum atomic E-state index is -0.543. The number of carbonyl (C=O) groups excluding carboxylic acids is 4. The third-order valence-electron chi connectivity index (χ3n) is 6.34. The van der Waals surface area contributed by atoms with Gasteiger partial charge in [0.15, 0.2) is 5.82 Å². The zero-order valence-corrected chi connectivity index (χ0v) is 20.1. The van der Waals surface area contributed by atoms with Gasteiger partial charge < -0.3 is 24.2 Å². The van der Waals surface area contributed by atoms with Crippen LogP contribution in [0, 0.1) is 0 Å². The predicted molar refractivity (Wildman–Crippen MR) is 120 cm³/mol. The molecule has 0 unspecified atom stereocenters. The fraction of sp³-hybridized carbons (Fsp3) is 0.696. The molecule has 3 amide bonds. The van der Waals surface area contributed by atoms with Crippen molar-refractivity contribution in [1.82, 2.24) is 24.3 Å². The van der Waals surface area contributed by atoms with Crippen LogP contribution < -0.4 is 0 Å². The normalized spacial score (nSPS) is 19.4. The molecule has 0 atom stereocenters. The Bertz CT molecular complexity index is 960. The second kappa shape index (κ2) is 9.63. The van der Waals surface area contributed by atoms with Gasteiger partial charge in [0.2, 0.25) is 5.91 Å². The van der Waals surface area contributed by atoms with Crippen LogP contribution in [0.25, 0.3) is 0 Å². The Kier molecular flexibility index (Phi) is 6.81. The number of nitrogens with zero attached hydrogens (tertiary/aromatic N) is 5. The summed E-state index contributed by atoms with van der Waals surface area (Å²) in [6.45, 7) is 7.35. The molecule has 0 saturated carbocycles. The zero-order valence-electron chi connectivity index (χ0n) is 20.1. The van der Waals surface area contributed by atoms with E-state index in [2.05, 4.69) is 4.98 Å². The van der Waals surface area contributed by atoms with Crippen LogP contribution in [0.4, 0.5) is 9.59 Å². The molecule has 2 fully saturated rings. The van der Waals surface area contributed by atoms with Gasteiger partial charge in [-0.2, -0.15) is 0 Å². The van der Waals surface area contributed by atoms with Crippen LogP contribution in [-0.2, 0) is 32.2 Å². The average Bonchev–Trinajstić information content (AvgIpc) is 3.33. The highest BCUT2D eigenvalue weighted by atomic mass is 16.6. The van der Waals surface area contributed by atoms with Gasteiger partial charge in [-0.1, -0.05) is 0 Å². The molecule has 2 saturated heterocycles. The number of aromatic nitrogens is 2. The van der Waals surface area contributed by atoms with Crippen LogP contribution in [0.15, 0.2) is 6.20 Å². The lowest BCUT2D eigenvalue weighted by Crippen LogP contribution is -2.48. The highest BCUT2D eigenvalue weighted by Crippen LogP contribution is 2.27. The molecule has 0 radical (unpaired) electrons. The van der Waals surface area contributed by atoms with Gasteiger partial charge >= 0.3 is 18.1 Å². The number of imidazole rings is 1. The number of rotatable bonds is 5. The third-order valence-corrected chi connectivity index (χ3v) is 6.34. The average molecular weight is 476 g/mol. The van der Waals surface area contributed by atoms with Gasteiger partial charge in [0.05, 0.1) is 18.4 Å². The summed E-state index contributed by atoms with van der Waals surface area (Å²) in [5, 5.41) is 0. The lowest BCUT2D eigenvalue weighted by atomic mass is 10.0. The van der Waals surface area contributed by atoms with Gasteiger partial charge in [0.1, 0.15) is 18.8 Å². The fourth-order valence-corrected chi connectivity index (χ4v) is 4.59. The molecule has 0 spiro atoms. The number of ether oxygens (including phenoxy) is 2. The molecule has 3 aliphatic heterocycles. The summed E-state index contributed by atoms with van der Waals surface area (Å²) in [6, 6.07) is -0.188. The first kappa shape index (κ1) is 24.0. The Hall–Kier alpha value is -3.11. The maximum Gasteiger partial charge on any atom is 0.410 e. The quantitative estimate of drug-likeness (QED) is 0.599. The summed E-state index contributed by atoms with van der Waals surface area (Å²) in [5.41, 5.74) is 0.204. The van der Waals surface area contributed by atoms with Gasteiger partial charge in [-0.15, -0.1) is 0 Å². The second-order valence-electron chi connectivity index (χ2n) is 10.0. The van der Waals surface area contributed by atoms with Crippen LogP contribution in [-0.4, -0.2) is 86.1 Å². The van der Waals surface area contributed by atoms with E-state index < -0.39 is 11.6 Å². The van der Waals surface area contributed by atoms with Crippen molar-refractivity contribution in [3.63, 3.8) is 0 Å². The highest BCUT2D eigenvalue weighted by Gasteiger charge is 2.37. The molecule has 0 N–H and O–H groups in total. The van der Waals surface area contributed by atoms with E-state index in [1.807, 2.05) is 20.8 Å². The first-order chi connectivity index (χ1) is 16.1. The molecule has 11 heteroatoms. The van der Waals surface area contributed by atoms with Gasteiger partial charge in [-0.05, 0) is 46.5 Å². The first-order valence-electron chi connectivity index (χ1n) is 11.9. The summed E-state index contributed by atoms with van der Waals surface area (Å²) >= 11 is 0. The van der Waals surface area contributed by atoms with Crippen molar-refractivity contribution in [2.75, 3.05) is 26.2 Å². The number of carbonyl (C=O) groups is 4. The topological polar surface area (TPSA) is 114 Å². The van der Waals surface area contributed by atoms with Gasteiger partial charge in [0, 0.05) is 32.1 Å². The van der Waals surface area contributed by atoms with Crippen LogP contribution in [0.3, 0.4) is 0 Å². The second-order valence-corrected chi connectivity index (χ2v) is 10.0. The minimum Gasteiger partial charge on any atom is -0.456 e. The standard InChI is InChI=1S/C23H33N5O6/c1-23(2,3)34-22(32)25-10-7-16(8-11-25)27-13-17-12-24-18(28(17)21(27)31)15-33-20(30)14-26-9-5-4-6-19(26)29/h12,16H,4-11,13-15H2,1-3H3. The molecule has 11 nitrogen and oxygen atoms in total. The Morgan fingerprint density at radius 1 is 1.12 bits per heavy atom. The lowest BCUT2D eigenvalue weighted by molar-refractivity contribution is -0.151. The fourth-order valence-electron chi connectivity index (χ4n) is 4.59. The lowest BCUT2D eigenvalue weighted by Gasteiger charge is -2.36. The minimum absolute atomic E-state index is 0.00611. The molecule has 186 valence electrons. The largest absolute Gasteiger partial charge is 0.456 e. The number of likely N-dealkylation sites (tertiary alicyclic amines) is 2. The van der Waals surface area contributed by atoms with E-state index in [9.17, 15) is 19.2 Å². The molecule has 0 bridgehead atoms. The van der Waals surface area contributed by atoms with Crippen LogP contribution in [0.5, 0.6) is 0 Å². The predicted octanol–water partition coefficient (Wildman–Crippen LogP) is 2.12. The first-order valence-corrected chi connectivity index (χ1v) is 11.9. The molecular formula is C23H33N5O6. The molecule has 3 aliphatic rings. The SMILES string of the molecule is CC(C)(C)OC(=O)N1CCC(N2Cc3cnc(COC(=O)CN4CCCCC4=O)n3C2=O)CC1. The van der Waals surface area contributed by atoms with Crippen molar-refractivity contribution in [2.45, 2.75) is 77.7 Å². The Labute approximate surface area is 199 Å². The number of hydrogen-bond donors (Lipinski definition) is 0. The van der Waals surface area contributed by atoms with Gasteiger partial charge in [-0.3, -0.25) is 9.59 Å². The summed E-state index contributed by atoms with van der Waals surface area (Å²) < 4.78 is 12.3. The van der Waals surface area contributed by atoms with Crippen molar-refractivity contribution < 1.29 is 28.7 Å². The molecule has 34 heavy (non-hydrogen) atoms. The maximum absolute atomic E-state index is 13.1. The molecule has 1 aromatic rings. The molecule has 0 aliphatic carbocycles. The summed E-state index contributed by atoms with van der Waals surface area (Å²) in [6.07, 6.45) is 4.82. The van der Waals surface area contributed by atoms with Crippen LogP contribution in [0.2, 0.25) is 0 Å². The number of fused-ring (bicyclic) bond motifs is 1. The van der Waals surface area contributed by atoms with E-state index in [1.54, 1.807) is 16.0 Å². The molecule has 4 rings (SSSR count). The summed E-state index contributed by atoms with van der Waals surface area (Å²) in [4.78, 5) is 58.8. The number of piperidine rings is 2. The smallest absolute Gasteiger partial charge is 0.410 e. The zero-order chi connectivity index (χ0) is 24.5. The Morgan fingerprint density at radius 3 is 2.53 bits per heavy atom. The maximum atomic E-state index is 13.1. The van der Waals surface area contributed by atoms with E-state index in [0.29, 0.717) is 51.3 Å². The van der Waals surface area contributed by atoms with Crippen molar-refractivity contribution in [1.29, 1.82) is 0 Å². The Morgan fingerprint density at radius 2 is 1.85 bits per heavy atom. The van der Waals surface area contributed by atoms with Crippen molar-refractivity contribution >= 4 is 24.0 Å². The third kappa shape index (κ3) is 5.34. The van der Waals surface area contributed by atoms with Gasteiger partial charge in [0.25, 0.3) is 0 Å². The van der Waals surface area contributed by atoms with E-state index >= 15 is 0 Å². The summed E-state index contributed by atoms with van der Waals surface area (Å²) in [5.74, 6) is -0.176. The van der Waals surface area contributed by atoms with E-state index in [-0.39, 0.29) is 37.2 Å². The van der Waals surface area contributed by atoms with Crippen molar-refractivity contribution in [3.05, 3.63) is 17.7 Å². The van der Waals surface area contributed by atoms with E-state index in [4.69, 9.17) is 9.47 Å². The van der Waals surface area contributed by atoms with Crippen LogP contribution >= 0.6 is 0 Å². The van der Waals surface area contributed by atoms with Gasteiger partial charge in [-0.25, -0.2) is 19.1 Å². The monoisotopic (exact) mass is 475 g/mol. The number of hydrogen-bond acceptors (Lipinski definition) is 7. The van der Waals surface area contributed by atoms with Crippen molar-refractivity contribution in [3.8, 4) is 0 Å². The highest BCUT2D eigenvalue weighted by molar-refractivity contribution is 5.83. The van der Waals surface area contributed by atoms with E-state index in [1.165, 1.54) is 9.47 Å². The van der Waals surface area contributed by atoms with Crippen LogP contribution in [0.1, 0.15) is 64.4 Å². The molecule has 0 aromatic carbocycles. The summed E-state index contributed by atoms with van der Waals surface area (Å²) in [7, 11) is 0. The van der Waals surface area contributed by atoms with Crippen molar-refractivity contribution in [2.24, 2.45) is 0 Å². The Balaban J connectivity index is 1.29. The number of amides is 3. The molecule has 4 heterocycles. The molecular weight excluding hydrogens is 442 g/mol. The molecule has 1 aromatic heterocycles.